The van der Waals surface area contributed by atoms with Crippen molar-refractivity contribution in [3.05, 3.63) is 40.2 Å². The van der Waals surface area contributed by atoms with Crippen LogP contribution in [0.15, 0.2) is 18.5 Å². The van der Waals surface area contributed by atoms with Gasteiger partial charge in [-0.05, 0) is 29.9 Å². The Morgan fingerprint density at radius 1 is 1.29 bits per heavy atom. The van der Waals surface area contributed by atoms with E-state index in [4.69, 9.17) is 0 Å². The first kappa shape index (κ1) is 12.1. The van der Waals surface area contributed by atoms with Crippen molar-refractivity contribution < 1.29 is 5.11 Å². The predicted octanol–water partition coefficient (Wildman–Crippen LogP) is 2.45. The molecule has 1 atom stereocenters. The number of aromatic nitrogens is 3. The van der Waals surface area contributed by atoms with Crippen LogP contribution in [-0.4, -0.2) is 19.7 Å². The molecule has 2 rings (SSSR count). The Labute approximate surface area is 105 Å². The van der Waals surface area contributed by atoms with Crippen LogP contribution in [0.3, 0.4) is 0 Å². The van der Waals surface area contributed by atoms with E-state index in [1.165, 1.54) is 11.5 Å². The molecule has 0 amide bonds. The highest BCUT2D eigenvalue weighted by Gasteiger charge is 2.20. The molecule has 0 aliphatic carbocycles. The topological polar surface area (TPSA) is 58.9 Å². The molecule has 2 aromatic rings. The molecule has 1 N–H and O–H groups in total. The molecule has 0 aromatic carbocycles. The lowest BCUT2D eigenvalue weighted by molar-refractivity contribution is 0.222. The van der Waals surface area contributed by atoms with Crippen LogP contribution in [-0.2, 0) is 0 Å². The molecule has 0 spiro atoms. The average molecular weight is 249 g/mol. The number of nitrogens with zero attached hydrogens (tertiary/aromatic N) is 3. The van der Waals surface area contributed by atoms with Crippen molar-refractivity contribution in [2.45, 2.75) is 32.8 Å². The first-order chi connectivity index (χ1) is 8.09. The SMILES string of the molecule is Cc1cncc(C(O)c2snnc2C(C)C)c1. The van der Waals surface area contributed by atoms with Gasteiger partial charge in [0.15, 0.2) is 0 Å². The summed E-state index contributed by atoms with van der Waals surface area (Å²) in [6.07, 6.45) is 2.77. The molecular weight excluding hydrogens is 234 g/mol. The molecule has 5 heteroatoms. The maximum atomic E-state index is 10.3. The van der Waals surface area contributed by atoms with E-state index in [-0.39, 0.29) is 5.92 Å². The van der Waals surface area contributed by atoms with Gasteiger partial charge in [0.25, 0.3) is 0 Å². The standard InChI is InChI=1S/C12H15N3OS/c1-7(2)10-12(17-15-14-10)11(16)9-4-8(3)5-13-6-9/h4-7,11,16H,1-3H3. The molecule has 2 aromatic heterocycles. The van der Waals surface area contributed by atoms with E-state index < -0.39 is 6.10 Å². The fourth-order valence-corrected chi connectivity index (χ4v) is 2.50. The summed E-state index contributed by atoms with van der Waals surface area (Å²) in [6.45, 7) is 6.04. The van der Waals surface area contributed by atoms with E-state index in [0.29, 0.717) is 0 Å². The van der Waals surface area contributed by atoms with Crippen LogP contribution in [0.1, 0.15) is 47.6 Å². The lowest BCUT2D eigenvalue weighted by atomic mass is 10.0. The van der Waals surface area contributed by atoms with Gasteiger partial charge in [0, 0.05) is 18.0 Å². The third kappa shape index (κ3) is 2.50. The van der Waals surface area contributed by atoms with Gasteiger partial charge in [0.2, 0.25) is 0 Å². The number of hydrogen-bond donors (Lipinski definition) is 1. The van der Waals surface area contributed by atoms with Crippen LogP contribution in [0.4, 0.5) is 0 Å². The summed E-state index contributed by atoms with van der Waals surface area (Å²) in [7, 11) is 0. The molecule has 2 heterocycles. The van der Waals surface area contributed by atoms with E-state index in [1.54, 1.807) is 12.4 Å². The van der Waals surface area contributed by atoms with Gasteiger partial charge in [0.1, 0.15) is 6.10 Å². The Morgan fingerprint density at radius 2 is 2.06 bits per heavy atom. The number of rotatable bonds is 3. The Balaban J connectivity index is 2.37. The molecule has 0 aliphatic rings. The number of aryl methyl sites for hydroxylation is 1. The Hall–Kier alpha value is -1.33. The molecule has 90 valence electrons. The molecule has 0 fully saturated rings. The maximum Gasteiger partial charge on any atom is 0.118 e. The summed E-state index contributed by atoms with van der Waals surface area (Å²) in [5.74, 6) is 0.260. The summed E-state index contributed by atoms with van der Waals surface area (Å²) in [5, 5.41) is 14.4. The van der Waals surface area contributed by atoms with Crippen molar-refractivity contribution >= 4 is 11.5 Å². The van der Waals surface area contributed by atoms with E-state index in [9.17, 15) is 5.11 Å². The number of aliphatic hydroxyl groups excluding tert-OH is 1. The van der Waals surface area contributed by atoms with E-state index in [2.05, 4.69) is 14.6 Å². The molecule has 0 saturated carbocycles. The van der Waals surface area contributed by atoms with Crippen LogP contribution >= 0.6 is 11.5 Å². The van der Waals surface area contributed by atoms with Gasteiger partial charge in [-0.3, -0.25) is 4.98 Å². The van der Waals surface area contributed by atoms with Gasteiger partial charge in [-0.25, -0.2) is 0 Å². The van der Waals surface area contributed by atoms with E-state index >= 15 is 0 Å². The molecule has 0 bridgehead atoms. The number of aliphatic hydroxyl groups is 1. The first-order valence-electron chi connectivity index (χ1n) is 5.51. The summed E-state index contributed by atoms with van der Waals surface area (Å²) >= 11 is 1.25. The van der Waals surface area contributed by atoms with Crippen LogP contribution in [0.2, 0.25) is 0 Å². The Kier molecular flexibility index (Phi) is 3.49. The zero-order valence-corrected chi connectivity index (χ0v) is 10.9. The van der Waals surface area contributed by atoms with Gasteiger partial charge < -0.3 is 5.11 Å². The summed E-state index contributed by atoms with van der Waals surface area (Å²) < 4.78 is 3.92. The molecule has 0 aliphatic heterocycles. The highest BCUT2D eigenvalue weighted by atomic mass is 32.1. The van der Waals surface area contributed by atoms with Crippen molar-refractivity contribution in [2.75, 3.05) is 0 Å². The monoisotopic (exact) mass is 249 g/mol. The quantitative estimate of drug-likeness (QED) is 0.907. The van der Waals surface area contributed by atoms with Gasteiger partial charge in [0.05, 0.1) is 10.6 Å². The molecule has 17 heavy (non-hydrogen) atoms. The normalized spacial score (nSPS) is 13.0. The smallest absolute Gasteiger partial charge is 0.118 e. The minimum Gasteiger partial charge on any atom is -0.383 e. The minimum atomic E-state index is -0.681. The maximum absolute atomic E-state index is 10.3. The number of hydrogen-bond acceptors (Lipinski definition) is 5. The fraction of sp³-hybridized carbons (Fsp3) is 0.417. The summed E-state index contributed by atoms with van der Waals surface area (Å²) in [6, 6.07) is 1.93. The molecule has 0 radical (unpaired) electrons. The van der Waals surface area contributed by atoms with Gasteiger partial charge >= 0.3 is 0 Å². The van der Waals surface area contributed by atoms with Crippen LogP contribution in [0.25, 0.3) is 0 Å². The zero-order chi connectivity index (χ0) is 12.4. The molecule has 0 saturated heterocycles. The van der Waals surface area contributed by atoms with Gasteiger partial charge in [-0.2, -0.15) is 0 Å². The van der Waals surface area contributed by atoms with Crippen LogP contribution < -0.4 is 0 Å². The lowest BCUT2D eigenvalue weighted by Gasteiger charge is -2.11. The van der Waals surface area contributed by atoms with Gasteiger partial charge in [-0.15, -0.1) is 5.10 Å². The Bertz CT molecular complexity index is 510. The van der Waals surface area contributed by atoms with Crippen LogP contribution in [0, 0.1) is 6.92 Å². The first-order valence-corrected chi connectivity index (χ1v) is 6.28. The summed E-state index contributed by atoms with van der Waals surface area (Å²) in [4.78, 5) is 4.91. The van der Waals surface area contributed by atoms with E-state index in [0.717, 1.165) is 21.7 Å². The van der Waals surface area contributed by atoms with Crippen molar-refractivity contribution in [1.29, 1.82) is 0 Å². The second kappa shape index (κ2) is 4.89. The van der Waals surface area contributed by atoms with Crippen molar-refractivity contribution in [1.82, 2.24) is 14.6 Å². The third-order valence-electron chi connectivity index (χ3n) is 2.55. The second-order valence-corrected chi connectivity index (χ2v) is 5.16. The van der Waals surface area contributed by atoms with Crippen molar-refractivity contribution in [2.24, 2.45) is 0 Å². The van der Waals surface area contributed by atoms with Crippen molar-refractivity contribution in [3.63, 3.8) is 0 Å². The average Bonchev–Trinajstić information content (AvgIpc) is 2.77. The van der Waals surface area contributed by atoms with Crippen LogP contribution in [0.5, 0.6) is 0 Å². The number of pyridine rings is 1. The zero-order valence-electron chi connectivity index (χ0n) is 10.1. The predicted molar refractivity (Wildman–Crippen MR) is 67.0 cm³/mol. The van der Waals surface area contributed by atoms with Gasteiger partial charge in [-0.1, -0.05) is 24.4 Å². The Morgan fingerprint density at radius 3 is 2.71 bits per heavy atom. The van der Waals surface area contributed by atoms with E-state index in [1.807, 2.05) is 26.8 Å². The molecule has 4 nitrogen and oxygen atoms in total. The third-order valence-corrected chi connectivity index (χ3v) is 3.34. The fourth-order valence-electron chi connectivity index (χ4n) is 1.67. The molecule has 1 unspecified atom stereocenters. The minimum absolute atomic E-state index is 0.260. The van der Waals surface area contributed by atoms with Crippen molar-refractivity contribution in [3.8, 4) is 0 Å². The summed E-state index contributed by atoms with van der Waals surface area (Å²) in [5.41, 5.74) is 2.69. The molecular formula is C12H15N3OS. The highest BCUT2D eigenvalue weighted by Crippen LogP contribution is 2.30. The lowest BCUT2D eigenvalue weighted by Crippen LogP contribution is -2.03. The largest absolute Gasteiger partial charge is 0.383 e. The highest BCUT2D eigenvalue weighted by molar-refractivity contribution is 7.05. The second-order valence-electron chi connectivity index (χ2n) is 4.38.